The first-order chi connectivity index (χ1) is 4.93. The van der Waals surface area contributed by atoms with E-state index in [1.165, 1.54) is 38.5 Å². The quantitative estimate of drug-likeness (QED) is 0.346. The van der Waals surface area contributed by atoms with E-state index in [-0.39, 0.29) is 0 Å². The summed E-state index contributed by atoms with van der Waals surface area (Å²) >= 11 is 3.43. The predicted octanol–water partition coefficient (Wildman–Crippen LogP) is 3.66. The summed E-state index contributed by atoms with van der Waals surface area (Å²) in [4.78, 5) is 0. The van der Waals surface area contributed by atoms with Crippen LogP contribution in [-0.4, -0.2) is 5.33 Å². The summed E-state index contributed by atoms with van der Waals surface area (Å²) in [5, 5.41) is 1.04. The van der Waals surface area contributed by atoms with Gasteiger partial charge in [-0.3, -0.25) is 0 Å². The molecule has 0 aromatic heterocycles. The maximum Gasteiger partial charge on any atom is 0.0214 e. The van der Waals surface area contributed by atoms with Crippen molar-refractivity contribution in [2.24, 2.45) is 0 Å². The van der Waals surface area contributed by atoms with E-state index in [0.29, 0.717) is 0 Å². The minimum absolute atomic E-state index is 1.04. The fourth-order valence-corrected chi connectivity index (χ4v) is 1.95. The minimum atomic E-state index is 1.04. The van der Waals surface area contributed by atoms with Gasteiger partial charge in [0.2, 0.25) is 0 Å². The summed E-state index contributed by atoms with van der Waals surface area (Å²) in [6.07, 6.45) is 10.8. The third-order valence-corrected chi connectivity index (χ3v) is 2.44. The summed E-state index contributed by atoms with van der Waals surface area (Å²) in [5.74, 6) is 0. The highest BCUT2D eigenvalue weighted by Crippen LogP contribution is 2.21. The third kappa shape index (κ3) is 2.87. The van der Waals surface area contributed by atoms with Crippen molar-refractivity contribution in [3.05, 3.63) is 11.6 Å². The van der Waals surface area contributed by atoms with Crippen LogP contribution >= 0.6 is 15.9 Å². The largest absolute Gasteiger partial charge is 0.0883 e. The van der Waals surface area contributed by atoms with Crippen LogP contribution in [0.5, 0.6) is 0 Å². The molecule has 0 saturated heterocycles. The van der Waals surface area contributed by atoms with Gasteiger partial charge in [0, 0.05) is 5.33 Å². The molecule has 0 aliphatic heterocycles. The van der Waals surface area contributed by atoms with Gasteiger partial charge in [-0.25, -0.2) is 0 Å². The molecule has 0 amide bonds. The van der Waals surface area contributed by atoms with Gasteiger partial charge in [-0.05, 0) is 25.7 Å². The van der Waals surface area contributed by atoms with Crippen LogP contribution in [0.3, 0.4) is 0 Å². The van der Waals surface area contributed by atoms with Gasteiger partial charge in [0.25, 0.3) is 0 Å². The van der Waals surface area contributed by atoms with Crippen molar-refractivity contribution >= 4 is 15.9 Å². The Balaban J connectivity index is 2.35. The molecule has 58 valence electrons. The molecule has 0 radical (unpaired) electrons. The number of hydrogen-bond donors (Lipinski definition) is 0. The first kappa shape index (κ1) is 8.32. The van der Waals surface area contributed by atoms with Gasteiger partial charge < -0.3 is 0 Å². The lowest BCUT2D eigenvalue weighted by molar-refractivity contribution is 0.702. The Bertz CT molecular complexity index is 106. The van der Waals surface area contributed by atoms with E-state index < -0.39 is 0 Å². The van der Waals surface area contributed by atoms with Gasteiger partial charge in [-0.15, -0.1) is 0 Å². The van der Waals surface area contributed by atoms with Crippen LogP contribution in [-0.2, 0) is 0 Å². The SMILES string of the molecule is BrCC=C1CCCCCC1. The topological polar surface area (TPSA) is 0 Å². The average Bonchev–Trinajstić information content (AvgIpc) is 2.17. The maximum atomic E-state index is 3.43. The molecule has 0 nitrogen and oxygen atoms in total. The molecule has 1 fully saturated rings. The Labute approximate surface area is 71.8 Å². The van der Waals surface area contributed by atoms with Crippen LogP contribution < -0.4 is 0 Å². The Morgan fingerprint density at radius 1 is 1.10 bits per heavy atom. The summed E-state index contributed by atoms with van der Waals surface area (Å²) in [6, 6.07) is 0. The number of hydrogen-bond acceptors (Lipinski definition) is 0. The lowest BCUT2D eigenvalue weighted by Gasteiger charge is -1.98. The van der Waals surface area contributed by atoms with Crippen LogP contribution in [0, 0.1) is 0 Å². The average molecular weight is 203 g/mol. The van der Waals surface area contributed by atoms with Crippen LogP contribution in [0.15, 0.2) is 11.6 Å². The van der Waals surface area contributed by atoms with Gasteiger partial charge in [-0.2, -0.15) is 0 Å². The van der Waals surface area contributed by atoms with Crippen molar-refractivity contribution in [3.8, 4) is 0 Å². The van der Waals surface area contributed by atoms with Crippen molar-refractivity contribution < 1.29 is 0 Å². The van der Waals surface area contributed by atoms with Gasteiger partial charge in [-0.1, -0.05) is 40.4 Å². The number of halogens is 1. The highest BCUT2D eigenvalue weighted by molar-refractivity contribution is 9.09. The molecule has 0 bridgehead atoms. The summed E-state index contributed by atoms with van der Waals surface area (Å²) < 4.78 is 0. The Morgan fingerprint density at radius 2 is 1.70 bits per heavy atom. The predicted molar refractivity (Wildman–Crippen MR) is 49.6 cm³/mol. The molecule has 0 spiro atoms. The molecular formula is C9H15Br. The van der Waals surface area contributed by atoms with Crippen molar-refractivity contribution in [1.82, 2.24) is 0 Å². The minimum Gasteiger partial charge on any atom is -0.0883 e. The first-order valence-electron chi connectivity index (χ1n) is 4.17. The molecule has 1 rings (SSSR count). The molecule has 0 heterocycles. The number of alkyl halides is 1. The third-order valence-electron chi connectivity index (χ3n) is 2.11. The van der Waals surface area contributed by atoms with E-state index in [0.717, 1.165) is 5.33 Å². The van der Waals surface area contributed by atoms with Crippen molar-refractivity contribution in [1.29, 1.82) is 0 Å². The molecule has 0 N–H and O–H groups in total. The zero-order chi connectivity index (χ0) is 7.23. The smallest absolute Gasteiger partial charge is 0.0214 e. The molecule has 0 unspecified atom stereocenters. The monoisotopic (exact) mass is 202 g/mol. The van der Waals surface area contributed by atoms with E-state index in [9.17, 15) is 0 Å². The fourth-order valence-electron chi connectivity index (χ4n) is 1.50. The van der Waals surface area contributed by atoms with Crippen LogP contribution in [0.1, 0.15) is 38.5 Å². The highest BCUT2D eigenvalue weighted by atomic mass is 79.9. The zero-order valence-corrected chi connectivity index (χ0v) is 7.99. The Kier molecular flexibility index (Phi) is 4.12. The van der Waals surface area contributed by atoms with Crippen molar-refractivity contribution in [3.63, 3.8) is 0 Å². The number of rotatable bonds is 1. The lowest BCUT2D eigenvalue weighted by atomic mass is 10.1. The Morgan fingerprint density at radius 3 is 2.20 bits per heavy atom. The van der Waals surface area contributed by atoms with Gasteiger partial charge in [0.1, 0.15) is 0 Å². The second-order valence-corrected chi connectivity index (χ2v) is 3.58. The summed E-state index contributed by atoms with van der Waals surface area (Å²) in [6.45, 7) is 0. The van der Waals surface area contributed by atoms with Crippen LogP contribution in [0.2, 0.25) is 0 Å². The summed E-state index contributed by atoms with van der Waals surface area (Å²) in [5.41, 5.74) is 1.68. The van der Waals surface area contributed by atoms with Gasteiger partial charge >= 0.3 is 0 Å². The van der Waals surface area contributed by atoms with E-state index in [4.69, 9.17) is 0 Å². The second kappa shape index (κ2) is 4.95. The normalized spacial score (nSPS) is 20.3. The van der Waals surface area contributed by atoms with E-state index >= 15 is 0 Å². The van der Waals surface area contributed by atoms with Gasteiger partial charge in [0.15, 0.2) is 0 Å². The molecule has 10 heavy (non-hydrogen) atoms. The maximum absolute atomic E-state index is 3.43. The number of allylic oxidation sites excluding steroid dienone is 2. The Hall–Kier alpha value is 0.220. The van der Waals surface area contributed by atoms with Gasteiger partial charge in [0.05, 0.1) is 0 Å². The van der Waals surface area contributed by atoms with E-state index in [1.807, 2.05) is 0 Å². The standard InChI is InChI=1S/C9H15Br/c10-8-7-9-5-3-1-2-4-6-9/h7H,1-6,8H2. The van der Waals surface area contributed by atoms with Crippen molar-refractivity contribution in [2.75, 3.05) is 5.33 Å². The molecule has 1 heteroatoms. The first-order valence-corrected chi connectivity index (χ1v) is 5.29. The molecule has 1 saturated carbocycles. The van der Waals surface area contributed by atoms with Crippen LogP contribution in [0.4, 0.5) is 0 Å². The van der Waals surface area contributed by atoms with E-state index in [1.54, 1.807) is 5.57 Å². The molecular weight excluding hydrogens is 188 g/mol. The summed E-state index contributed by atoms with van der Waals surface area (Å²) in [7, 11) is 0. The fraction of sp³-hybridized carbons (Fsp3) is 0.778. The zero-order valence-electron chi connectivity index (χ0n) is 6.41. The second-order valence-electron chi connectivity index (χ2n) is 2.93. The highest BCUT2D eigenvalue weighted by Gasteiger charge is 2.02. The van der Waals surface area contributed by atoms with Crippen LogP contribution in [0.25, 0.3) is 0 Å². The lowest BCUT2D eigenvalue weighted by Crippen LogP contribution is -1.80. The van der Waals surface area contributed by atoms with E-state index in [2.05, 4.69) is 22.0 Å². The molecule has 0 aromatic carbocycles. The van der Waals surface area contributed by atoms with Crippen molar-refractivity contribution in [2.45, 2.75) is 38.5 Å². The molecule has 1 aliphatic rings. The molecule has 1 aliphatic carbocycles. The molecule has 0 aromatic rings. The molecule has 0 atom stereocenters.